The molecule has 1 saturated carbocycles. The van der Waals surface area contributed by atoms with Crippen LogP contribution < -0.4 is 5.32 Å². The molecule has 0 aromatic heterocycles. The van der Waals surface area contributed by atoms with E-state index in [0.29, 0.717) is 19.6 Å². The third kappa shape index (κ3) is 7.22. The van der Waals surface area contributed by atoms with Gasteiger partial charge in [0.1, 0.15) is 0 Å². The molecule has 1 atom stereocenters. The molecule has 0 spiro atoms. The summed E-state index contributed by atoms with van der Waals surface area (Å²) in [5, 5.41) is 2.93. The highest BCUT2D eigenvalue weighted by atomic mass is 35.5. The van der Waals surface area contributed by atoms with Gasteiger partial charge in [-0.05, 0) is 18.8 Å². The van der Waals surface area contributed by atoms with Crippen molar-refractivity contribution in [3.63, 3.8) is 0 Å². The molecule has 0 heterocycles. The van der Waals surface area contributed by atoms with Crippen molar-refractivity contribution in [1.82, 2.24) is 5.32 Å². The number of ether oxygens (including phenoxy) is 1. The number of carbonyl (C=O) groups excluding carboxylic acids is 1. The lowest BCUT2D eigenvalue weighted by atomic mass is 9.86. The van der Waals surface area contributed by atoms with Crippen molar-refractivity contribution in [1.29, 1.82) is 0 Å². The summed E-state index contributed by atoms with van der Waals surface area (Å²) >= 11 is 5.99. The molecule has 0 saturated heterocycles. The normalized spacial score (nSPS) is 18.6. The van der Waals surface area contributed by atoms with Gasteiger partial charge in [-0.25, -0.2) is 0 Å². The molecular weight excluding hydrogens is 250 g/mol. The molecule has 0 aliphatic heterocycles. The highest BCUT2D eigenvalue weighted by Gasteiger charge is 2.14. The first kappa shape index (κ1) is 15.8. The Morgan fingerprint density at radius 3 is 2.78 bits per heavy atom. The molecule has 1 aliphatic carbocycles. The second-order valence-corrected chi connectivity index (χ2v) is 5.85. The van der Waals surface area contributed by atoms with Gasteiger partial charge in [0.15, 0.2) is 0 Å². The van der Waals surface area contributed by atoms with E-state index in [1.165, 1.54) is 32.1 Å². The number of rotatable bonds is 8. The standard InChI is InChI=1S/C14H26ClNO2/c1-18-11-13(15)9-10-16-14(17)8-7-12-5-3-2-4-6-12/h12-13H,2-11H2,1H3,(H,16,17). The number of halogens is 1. The van der Waals surface area contributed by atoms with E-state index in [-0.39, 0.29) is 11.3 Å². The van der Waals surface area contributed by atoms with Gasteiger partial charge in [-0.1, -0.05) is 32.1 Å². The van der Waals surface area contributed by atoms with Gasteiger partial charge < -0.3 is 10.1 Å². The molecule has 18 heavy (non-hydrogen) atoms. The minimum absolute atomic E-state index is 0.00588. The van der Waals surface area contributed by atoms with Crippen LogP contribution in [0.15, 0.2) is 0 Å². The van der Waals surface area contributed by atoms with Crippen molar-refractivity contribution in [3.8, 4) is 0 Å². The van der Waals surface area contributed by atoms with E-state index in [9.17, 15) is 4.79 Å². The van der Waals surface area contributed by atoms with Gasteiger partial charge in [0.05, 0.1) is 12.0 Å². The number of nitrogens with one attached hydrogen (secondary N) is 1. The van der Waals surface area contributed by atoms with Crippen LogP contribution in [0, 0.1) is 5.92 Å². The van der Waals surface area contributed by atoms with Crippen molar-refractivity contribution >= 4 is 17.5 Å². The zero-order valence-electron chi connectivity index (χ0n) is 11.4. The summed E-state index contributed by atoms with van der Waals surface area (Å²) in [5.41, 5.74) is 0. The zero-order chi connectivity index (χ0) is 13.2. The van der Waals surface area contributed by atoms with E-state index in [0.717, 1.165) is 18.8 Å². The maximum absolute atomic E-state index is 11.6. The Bertz CT molecular complexity index is 230. The lowest BCUT2D eigenvalue weighted by Crippen LogP contribution is -2.27. The first-order valence-corrected chi connectivity index (χ1v) is 7.55. The Labute approximate surface area is 116 Å². The summed E-state index contributed by atoms with van der Waals surface area (Å²) < 4.78 is 4.94. The van der Waals surface area contributed by atoms with Crippen LogP contribution in [0.5, 0.6) is 0 Å². The number of hydrogen-bond acceptors (Lipinski definition) is 2. The maximum Gasteiger partial charge on any atom is 0.220 e. The van der Waals surface area contributed by atoms with Crippen molar-refractivity contribution in [2.45, 2.75) is 56.7 Å². The van der Waals surface area contributed by atoms with Gasteiger partial charge in [0.25, 0.3) is 0 Å². The molecule has 0 aromatic rings. The van der Waals surface area contributed by atoms with Crippen LogP contribution >= 0.6 is 11.6 Å². The van der Waals surface area contributed by atoms with Crippen LogP contribution in [0.25, 0.3) is 0 Å². The number of carbonyl (C=O) groups is 1. The van der Waals surface area contributed by atoms with Crippen LogP contribution in [-0.2, 0) is 9.53 Å². The second-order valence-electron chi connectivity index (χ2n) is 5.23. The summed E-state index contributed by atoms with van der Waals surface area (Å²) in [6.45, 7) is 1.19. The molecule has 1 rings (SSSR count). The van der Waals surface area contributed by atoms with E-state index in [1.807, 2.05) is 0 Å². The smallest absolute Gasteiger partial charge is 0.220 e. The number of amides is 1. The molecule has 0 radical (unpaired) electrons. The minimum Gasteiger partial charge on any atom is -0.383 e. The minimum atomic E-state index is -0.00588. The Balaban J connectivity index is 1.99. The van der Waals surface area contributed by atoms with Crippen LogP contribution in [0.2, 0.25) is 0 Å². The Morgan fingerprint density at radius 2 is 2.11 bits per heavy atom. The van der Waals surface area contributed by atoms with E-state index >= 15 is 0 Å². The van der Waals surface area contributed by atoms with E-state index in [4.69, 9.17) is 16.3 Å². The van der Waals surface area contributed by atoms with Crippen LogP contribution in [0.3, 0.4) is 0 Å². The number of alkyl halides is 1. The fraction of sp³-hybridized carbons (Fsp3) is 0.929. The fourth-order valence-corrected chi connectivity index (χ4v) is 2.77. The lowest BCUT2D eigenvalue weighted by Gasteiger charge is -2.21. The van der Waals surface area contributed by atoms with E-state index in [1.54, 1.807) is 7.11 Å². The summed E-state index contributed by atoms with van der Waals surface area (Å²) in [6.07, 6.45) is 9.17. The predicted molar refractivity (Wildman–Crippen MR) is 75.0 cm³/mol. The van der Waals surface area contributed by atoms with Gasteiger partial charge in [-0.15, -0.1) is 11.6 Å². The molecule has 0 bridgehead atoms. The first-order valence-electron chi connectivity index (χ1n) is 7.12. The predicted octanol–water partition coefficient (Wildman–Crippen LogP) is 3.11. The van der Waals surface area contributed by atoms with Gasteiger partial charge in [0.2, 0.25) is 5.91 Å². The molecular formula is C14H26ClNO2. The van der Waals surface area contributed by atoms with Crippen molar-refractivity contribution < 1.29 is 9.53 Å². The molecule has 1 N–H and O–H groups in total. The molecule has 1 unspecified atom stereocenters. The number of hydrogen-bond donors (Lipinski definition) is 1. The maximum atomic E-state index is 11.6. The second kappa shape index (κ2) is 9.62. The van der Waals surface area contributed by atoms with Gasteiger partial charge >= 0.3 is 0 Å². The van der Waals surface area contributed by atoms with Crippen molar-refractivity contribution in [2.75, 3.05) is 20.3 Å². The molecule has 1 amide bonds. The Kier molecular flexibility index (Phi) is 8.44. The zero-order valence-corrected chi connectivity index (χ0v) is 12.2. The van der Waals surface area contributed by atoms with Crippen LogP contribution in [0.4, 0.5) is 0 Å². The van der Waals surface area contributed by atoms with E-state index in [2.05, 4.69) is 5.32 Å². The average Bonchev–Trinajstić information content (AvgIpc) is 2.38. The quantitative estimate of drug-likeness (QED) is 0.691. The van der Waals surface area contributed by atoms with Crippen LogP contribution in [0.1, 0.15) is 51.4 Å². The van der Waals surface area contributed by atoms with Gasteiger partial charge in [-0.2, -0.15) is 0 Å². The molecule has 4 heteroatoms. The van der Waals surface area contributed by atoms with E-state index < -0.39 is 0 Å². The summed E-state index contributed by atoms with van der Waals surface area (Å²) in [4.78, 5) is 11.6. The largest absolute Gasteiger partial charge is 0.383 e. The first-order chi connectivity index (χ1) is 8.72. The van der Waals surface area contributed by atoms with Crippen molar-refractivity contribution in [2.24, 2.45) is 5.92 Å². The third-order valence-electron chi connectivity index (χ3n) is 3.63. The lowest BCUT2D eigenvalue weighted by molar-refractivity contribution is -0.121. The Hall–Kier alpha value is -0.280. The third-order valence-corrected chi connectivity index (χ3v) is 3.98. The monoisotopic (exact) mass is 275 g/mol. The number of methoxy groups -OCH3 is 1. The van der Waals surface area contributed by atoms with Crippen LogP contribution in [-0.4, -0.2) is 31.5 Å². The Morgan fingerprint density at radius 1 is 1.39 bits per heavy atom. The summed E-state index contributed by atoms with van der Waals surface area (Å²) in [5.74, 6) is 0.945. The summed E-state index contributed by atoms with van der Waals surface area (Å²) in [6, 6.07) is 0. The van der Waals surface area contributed by atoms with Crippen molar-refractivity contribution in [3.05, 3.63) is 0 Å². The SMILES string of the molecule is COCC(Cl)CCNC(=O)CCC1CCCCC1. The molecule has 1 aliphatic rings. The molecule has 1 fully saturated rings. The highest BCUT2D eigenvalue weighted by molar-refractivity contribution is 6.20. The molecule has 106 valence electrons. The topological polar surface area (TPSA) is 38.3 Å². The average molecular weight is 276 g/mol. The van der Waals surface area contributed by atoms with Gasteiger partial charge in [0, 0.05) is 20.1 Å². The molecule has 3 nitrogen and oxygen atoms in total. The highest BCUT2D eigenvalue weighted by Crippen LogP contribution is 2.27. The molecule has 0 aromatic carbocycles. The van der Waals surface area contributed by atoms with Gasteiger partial charge in [-0.3, -0.25) is 4.79 Å². The fourth-order valence-electron chi connectivity index (χ4n) is 2.53. The summed E-state index contributed by atoms with van der Waals surface area (Å²) in [7, 11) is 1.64.